The maximum absolute atomic E-state index is 11.6. The molecule has 1 unspecified atom stereocenters. The summed E-state index contributed by atoms with van der Waals surface area (Å²) in [5, 5.41) is 12.6. The minimum atomic E-state index is -0.673. The van der Waals surface area contributed by atoms with E-state index >= 15 is 0 Å². The van der Waals surface area contributed by atoms with Crippen molar-refractivity contribution in [1.82, 2.24) is 14.9 Å². The fourth-order valence-electron chi connectivity index (χ4n) is 4.09. The van der Waals surface area contributed by atoms with Gasteiger partial charge in [0.1, 0.15) is 11.9 Å². The number of nitrogens with one attached hydrogen (secondary N) is 1. The van der Waals surface area contributed by atoms with Gasteiger partial charge in [0.15, 0.2) is 0 Å². The van der Waals surface area contributed by atoms with Crippen LogP contribution in [0.2, 0.25) is 0 Å². The molecular formula is C17H27N5O2. The highest BCUT2D eigenvalue weighted by atomic mass is 16.4. The maximum atomic E-state index is 11.6. The third-order valence-electron chi connectivity index (χ3n) is 5.41. The molecule has 2 aliphatic heterocycles. The molecule has 0 saturated carbocycles. The molecule has 2 saturated heterocycles. The van der Waals surface area contributed by atoms with Gasteiger partial charge >= 0.3 is 5.97 Å². The van der Waals surface area contributed by atoms with E-state index in [0.717, 1.165) is 63.6 Å². The number of likely N-dealkylation sites (tertiary alicyclic amines) is 1. The monoisotopic (exact) mass is 333 g/mol. The molecule has 1 aromatic heterocycles. The van der Waals surface area contributed by atoms with E-state index in [4.69, 9.17) is 0 Å². The second-order valence-electron chi connectivity index (χ2n) is 7.01. The van der Waals surface area contributed by atoms with E-state index in [0.29, 0.717) is 0 Å². The molecule has 2 aliphatic rings. The highest BCUT2D eigenvalue weighted by molar-refractivity contribution is 5.74. The number of hydrogen-bond acceptors (Lipinski definition) is 6. The summed E-state index contributed by atoms with van der Waals surface area (Å²) in [6.45, 7) is 5.66. The molecule has 132 valence electrons. The first kappa shape index (κ1) is 17.0. The molecule has 0 radical (unpaired) electrons. The van der Waals surface area contributed by atoms with Crippen LogP contribution in [0.5, 0.6) is 0 Å². The van der Waals surface area contributed by atoms with Gasteiger partial charge in [0.25, 0.3) is 0 Å². The molecule has 7 heteroatoms. The van der Waals surface area contributed by atoms with Gasteiger partial charge in [-0.15, -0.1) is 0 Å². The number of rotatable bonds is 5. The van der Waals surface area contributed by atoms with E-state index < -0.39 is 5.97 Å². The van der Waals surface area contributed by atoms with Crippen LogP contribution in [0.25, 0.3) is 0 Å². The molecule has 3 rings (SSSR count). The van der Waals surface area contributed by atoms with Crippen LogP contribution in [0.15, 0.2) is 12.3 Å². The predicted octanol–water partition coefficient (Wildman–Crippen LogP) is 1.67. The topological polar surface area (TPSA) is 81.6 Å². The van der Waals surface area contributed by atoms with Crippen molar-refractivity contribution in [1.29, 1.82) is 0 Å². The third kappa shape index (κ3) is 3.31. The first-order chi connectivity index (χ1) is 11.6. The molecule has 1 aromatic rings. The van der Waals surface area contributed by atoms with E-state index in [2.05, 4.69) is 32.0 Å². The second kappa shape index (κ2) is 6.93. The summed E-state index contributed by atoms with van der Waals surface area (Å²) in [4.78, 5) is 24.9. The first-order valence-electron chi connectivity index (χ1n) is 8.79. The fourth-order valence-corrected chi connectivity index (χ4v) is 4.09. The average Bonchev–Trinajstić information content (AvgIpc) is 2.94. The Kier molecular flexibility index (Phi) is 4.89. The van der Waals surface area contributed by atoms with Crippen molar-refractivity contribution in [3.05, 3.63) is 12.3 Å². The Morgan fingerprint density at radius 3 is 2.83 bits per heavy atom. The summed E-state index contributed by atoms with van der Waals surface area (Å²) in [7, 11) is 1.85. The van der Waals surface area contributed by atoms with Crippen LogP contribution in [-0.4, -0.2) is 65.2 Å². The van der Waals surface area contributed by atoms with Gasteiger partial charge < -0.3 is 15.3 Å². The summed E-state index contributed by atoms with van der Waals surface area (Å²) in [5.41, 5.74) is 0.134. The van der Waals surface area contributed by atoms with Crippen LogP contribution in [0.3, 0.4) is 0 Å². The number of aliphatic carboxylic acids is 1. The van der Waals surface area contributed by atoms with Crippen molar-refractivity contribution in [2.45, 2.75) is 38.6 Å². The van der Waals surface area contributed by atoms with Crippen LogP contribution < -0.4 is 10.2 Å². The Hall–Kier alpha value is -1.89. The summed E-state index contributed by atoms with van der Waals surface area (Å²) in [6.07, 6.45) is 5.55. The third-order valence-corrected chi connectivity index (χ3v) is 5.41. The molecule has 2 fully saturated rings. The van der Waals surface area contributed by atoms with Crippen LogP contribution in [0, 0.1) is 5.41 Å². The zero-order valence-corrected chi connectivity index (χ0v) is 14.5. The number of hydrogen-bond donors (Lipinski definition) is 2. The minimum absolute atomic E-state index is 0.134. The number of carboxylic acid groups (broad SMARTS) is 1. The zero-order chi connectivity index (χ0) is 17.2. The lowest BCUT2D eigenvalue weighted by atomic mass is 9.76. The number of aromatic nitrogens is 2. The van der Waals surface area contributed by atoms with Crippen molar-refractivity contribution in [3.63, 3.8) is 0 Å². The Morgan fingerprint density at radius 1 is 1.46 bits per heavy atom. The molecular weight excluding hydrogens is 306 g/mol. The normalized spacial score (nSPS) is 23.6. The summed E-state index contributed by atoms with van der Waals surface area (Å²) < 4.78 is 0. The number of anilines is 2. The molecule has 24 heavy (non-hydrogen) atoms. The van der Waals surface area contributed by atoms with Gasteiger partial charge in [0.05, 0.1) is 0 Å². The lowest BCUT2D eigenvalue weighted by Gasteiger charge is -2.39. The molecule has 0 aliphatic carbocycles. The van der Waals surface area contributed by atoms with E-state index in [-0.39, 0.29) is 11.5 Å². The quantitative estimate of drug-likeness (QED) is 0.848. The highest BCUT2D eigenvalue weighted by Crippen LogP contribution is 2.43. The lowest BCUT2D eigenvalue weighted by molar-refractivity contribution is -0.142. The standard InChI is InChI=1S/C17H27N5O2/c1-3-8-22-12-17(11-13(22)15(23)24)5-9-21(10-6-17)16-19-7-4-14(18-2)20-16/h4,7,13H,3,5-6,8-12H2,1-2H3,(H,23,24)(H,18,19,20). The number of carbonyl (C=O) groups is 1. The van der Waals surface area contributed by atoms with Crippen molar-refractivity contribution < 1.29 is 9.90 Å². The van der Waals surface area contributed by atoms with Gasteiger partial charge in [-0.3, -0.25) is 9.69 Å². The SMILES string of the molecule is CCCN1CC2(CCN(c3nccc(NC)n3)CC2)CC1C(=O)O. The van der Waals surface area contributed by atoms with Gasteiger partial charge in [-0.05, 0) is 43.7 Å². The van der Waals surface area contributed by atoms with E-state index in [1.807, 2.05) is 13.1 Å². The average molecular weight is 333 g/mol. The molecule has 1 spiro atoms. The molecule has 2 N–H and O–H groups in total. The Labute approximate surface area is 143 Å². The van der Waals surface area contributed by atoms with E-state index in [1.54, 1.807) is 6.20 Å². The van der Waals surface area contributed by atoms with Gasteiger partial charge in [0, 0.05) is 32.9 Å². The van der Waals surface area contributed by atoms with E-state index in [1.165, 1.54) is 0 Å². The van der Waals surface area contributed by atoms with Crippen molar-refractivity contribution >= 4 is 17.7 Å². The first-order valence-corrected chi connectivity index (χ1v) is 8.79. The number of piperidine rings is 1. The molecule has 3 heterocycles. The Morgan fingerprint density at radius 2 is 2.21 bits per heavy atom. The van der Waals surface area contributed by atoms with E-state index in [9.17, 15) is 9.90 Å². The van der Waals surface area contributed by atoms with Gasteiger partial charge in [-0.1, -0.05) is 6.92 Å². The van der Waals surface area contributed by atoms with Crippen molar-refractivity contribution in [2.24, 2.45) is 5.41 Å². The largest absolute Gasteiger partial charge is 0.480 e. The number of carboxylic acids is 1. The summed E-state index contributed by atoms with van der Waals surface area (Å²) in [5.74, 6) is 0.906. The second-order valence-corrected chi connectivity index (χ2v) is 7.01. The van der Waals surface area contributed by atoms with Crippen molar-refractivity contribution in [2.75, 3.05) is 43.4 Å². The van der Waals surface area contributed by atoms with Gasteiger partial charge in [-0.25, -0.2) is 4.98 Å². The van der Waals surface area contributed by atoms with Crippen LogP contribution in [0.4, 0.5) is 11.8 Å². The smallest absolute Gasteiger partial charge is 0.320 e. The molecule has 0 bridgehead atoms. The predicted molar refractivity (Wildman–Crippen MR) is 93.4 cm³/mol. The van der Waals surface area contributed by atoms with Crippen LogP contribution in [-0.2, 0) is 4.79 Å². The number of nitrogens with zero attached hydrogens (tertiary/aromatic N) is 4. The highest BCUT2D eigenvalue weighted by Gasteiger charge is 2.47. The van der Waals surface area contributed by atoms with Gasteiger partial charge in [0.2, 0.25) is 5.95 Å². The maximum Gasteiger partial charge on any atom is 0.320 e. The molecule has 7 nitrogen and oxygen atoms in total. The minimum Gasteiger partial charge on any atom is -0.480 e. The summed E-state index contributed by atoms with van der Waals surface area (Å²) in [6, 6.07) is 1.53. The van der Waals surface area contributed by atoms with Gasteiger partial charge in [-0.2, -0.15) is 4.98 Å². The molecule has 0 aromatic carbocycles. The van der Waals surface area contributed by atoms with Crippen LogP contribution >= 0.6 is 0 Å². The molecule has 1 atom stereocenters. The lowest BCUT2D eigenvalue weighted by Crippen LogP contribution is -2.42. The van der Waals surface area contributed by atoms with Crippen LogP contribution in [0.1, 0.15) is 32.6 Å². The summed E-state index contributed by atoms with van der Waals surface area (Å²) >= 11 is 0. The fraction of sp³-hybridized carbons (Fsp3) is 0.706. The Balaban J connectivity index is 1.67. The zero-order valence-electron chi connectivity index (χ0n) is 14.5. The Bertz CT molecular complexity index is 586. The van der Waals surface area contributed by atoms with Crippen molar-refractivity contribution in [3.8, 4) is 0 Å². The molecule has 0 amide bonds.